The van der Waals surface area contributed by atoms with Gasteiger partial charge in [-0.2, -0.15) is 0 Å². The maximum absolute atomic E-state index is 12.1. The van der Waals surface area contributed by atoms with E-state index < -0.39 is 15.9 Å². The Kier molecular flexibility index (Phi) is 4.34. The van der Waals surface area contributed by atoms with Gasteiger partial charge >= 0.3 is 0 Å². The van der Waals surface area contributed by atoms with E-state index in [0.717, 1.165) is 6.26 Å². The summed E-state index contributed by atoms with van der Waals surface area (Å²) in [6, 6.07) is 8.00. The molecule has 0 bridgehead atoms. The number of furan rings is 1. The Morgan fingerprint density at radius 1 is 1.25 bits per heavy atom. The highest BCUT2D eigenvalue weighted by Gasteiger charge is 2.21. The molecule has 1 aliphatic rings. The maximum atomic E-state index is 12.1. The van der Waals surface area contributed by atoms with Gasteiger partial charge in [0, 0.05) is 12.6 Å². The van der Waals surface area contributed by atoms with Gasteiger partial charge in [0.25, 0.3) is 5.91 Å². The van der Waals surface area contributed by atoms with Gasteiger partial charge in [-0.3, -0.25) is 9.10 Å². The number of carbonyl (C=O) groups excluding carboxylic acids is 1. The van der Waals surface area contributed by atoms with Gasteiger partial charge in [0.05, 0.1) is 24.8 Å². The van der Waals surface area contributed by atoms with Crippen molar-refractivity contribution in [1.29, 1.82) is 0 Å². The normalized spacial score (nSPS) is 12.9. The minimum absolute atomic E-state index is 0.0743. The van der Waals surface area contributed by atoms with Crippen LogP contribution in [0.25, 0.3) is 0 Å². The van der Waals surface area contributed by atoms with Crippen molar-refractivity contribution in [3.63, 3.8) is 0 Å². The Bertz CT molecular complexity index is 832. The first-order valence-corrected chi connectivity index (χ1v) is 8.99. The number of ether oxygens (including phenoxy) is 2. The molecule has 2 heterocycles. The van der Waals surface area contributed by atoms with Crippen LogP contribution in [0.1, 0.15) is 10.6 Å². The van der Waals surface area contributed by atoms with Crippen LogP contribution in [0, 0.1) is 0 Å². The SMILES string of the molecule is CS(=O)(=O)N(CCNC(=O)c1ccco1)c1ccc2c(c1)OCO2. The molecule has 0 aliphatic carbocycles. The number of anilines is 1. The molecule has 1 amide bonds. The summed E-state index contributed by atoms with van der Waals surface area (Å²) < 4.78 is 40.8. The van der Waals surface area contributed by atoms with Gasteiger partial charge in [0.2, 0.25) is 16.8 Å². The van der Waals surface area contributed by atoms with Crippen LogP contribution in [0.2, 0.25) is 0 Å². The van der Waals surface area contributed by atoms with Crippen LogP contribution in [0.3, 0.4) is 0 Å². The molecule has 9 heteroatoms. The Labute approximate surface area is 139 Å². The van der Waals surface area contributed by atoms with Crippen molar-refractivity contribution in [1.82, 2.24) is 5.32 Å². The maximum Gasteiger partial charge on any atom is 0.287 e. The number of sulfonamides is 1. The van der Waals surface area contributed by atoms with Crippen LogP contribution in [-0.2, 0) is 10.0 Å². The van der Waals surface area contributed by atoms with Crippen molar-refractivity contribution in [3.8, 4) is 11.5 Å². The van der Waals surface area contributed by atoms with E-state index in [1.54, 1.807) is 24.3 Å². The molecule has 128 valence electrons. The summed E-state index contributed by atoms with van der Waals surface area (Å²) >= 11 is 0. The van der Waals surface area contributed by atoms with Gasteiger partial charge < -0.3 is 19.2 Å². The fourth-order valence-electron chi connectivity index (χ4n) is 2.29. The van der Waals surface area contributed by atoms with Gasteiger partial charge in [-0.05, 0) is 24.3 Å². The molecule has 1 aromatic heterocycles. The summed E-state index contributed by atoms with van der Waals surface area (Å²) in [7, 11) is -3.52. The first-order valence-electron chi connectivity index (χ1n) is 7.14. The van der Waals surface area contributed by atoms with Crippen molar-refractivity contribution in [2.24, 2.45) is 0 Å². The number of carbonyl (C=O) groups is 1. The zero-order valence-corrected chi connectivity index (χ0v) is 13.7. The molecule has 0 spiro atoms. The molecule has 0 saturated carbocycles. The van der Waals surface area contributed by atoms with Crippen LogP contribution in [0.5, 0.6) is 11.5 Å². The van der Waals surface area contributed by atoms with Crippen LogP contribution in [0.4, 0.5) is 5.69 Å². The molecule has 0 radical (unpaired) electrons. The van der Waals surface area contributed by atoms with Crippen molar-refractivity contribution in [3.05, 3.63) is 42.4 Å². The van der Waals surface area contributed by atoms with Crippen LogP contribution in [-0.4, -0.2) is 40.5 Å². The smallest absolute Gasteiger partial charge is 0.287 e. The number of hydrogen-bond acceptors (Lipinski definition) is 6. The molecule has 8 nitrogen and oxygen atoms in total. The van der Waals surface area contributed by atoms with Crippen molar-refractivity contribution < 1.29 is 27.1 Å². The molecular weight excluding hydrogens is 336 g/mol. The lowest BCUT2D eigenvalue weighted by molar-refractivity contribution is 0.0927. The molecule has 0 saturated heterocycles. The van der Waals surface area contributed by atoms with Gasteiger partial charge in [0.1, 0.15) is 0 Å². The summed E-state index contributed by atoms with van der Waals surface area (Å²) in [6.07, 6.45) is 2.50. The largest absolute Gasteiger partial charge is 0.459 e. The van der Waals surface area contributed by atoms with E-state index in [0.29, 0.717) is 17.2 Å². The Morgan fingerprint density at radius 2 is 2.04 bits per heavy atom. The quantitative estimate of drug-likeness (QED) is 0.839. The highest BCUT2D eigenvalue weighted by molar-refractivity contribution is 7.92. The zero-order valence-electron chi connectivity index (χ0n) is 12.9. The average Bonchev–Trinajstić information content (AvgIpc) is 3.20. The van der Waals surface area contributed by atoms with Crippen molar-refractivity contribution in [2.75, 3.05) is 30.4 Å². The Morgan fingerprint density at radius 3 is 2.75 bits per heavy atom. The van der Waals surface area contributed by atoms with E-state index >= 15 is 0 Å². The molecular formula is C15H16N2O6S. The van der Waals surface area contributed by atoms with Gasteiger partial charge in [-0.25, -0.2) is 8.42 Å². The lowest BCUT2D eigenvalue weighted by atomic mass is 10.3. The predicted octanol–water partition coefficient (Wildman–Crippen LogP) is 1.20. The number of rotatable bonds is 6. The number of benzene rings is 1. The zero-order chi connectivity index (χ0) is 17.2. The third-order valence-corrected chi connectivity index (χ3v) is 4.58. The van der Waals surface area contributed by atoms with Gasteiger partial charge in [-0.15, -0.1) is 0 Å². The number of nitrogens with zero attached hydrogens (tertiary/aromatic N) is 1. The van der Waals surface area contributed by atoms with E-state index in [1.165, 1.54) is 16.6 Å². The van der Waals surface area contributed by atoms with Crippen LogP contribution >= 0.6 is 0 Å². The van der Waals surface area contributed by atoms with E-state index in [1.807, 2.05) is 0 Å². The van der Waals surface area contributed by atoms with E-state index in [4.69, 9.17) is 13.9 Å². The fraction of sp³-hybridized carbons (Fsp3) is 0.267. The third kappa shape index (κ3) is 3.46. The van der Waals surface area contributed by atoms with Crippen LogP contribution < -0.4 is 19.1 Å². The predicted molar refractivity (Wildman–Crippen MR) is 85.8 cm³/mol. The number of nitrogens with one attached hydrogen (secondary N) is 1. The molecule has 0 fully saturated rings. The second-order valence-corrected chi connectivity index (χ2v) is 7.01. The lowest BCUT2D eigenvalue weighted by Crippen LogP contribution is -2.38. The fourth-order valence-corrected chi connectivity index (χ4v) is 3.21. The number of amides is 1. The molecule has 24 heavy (non-hydrogen) atoms. The topological polar surface area (TPSA) is 98.1 Å². The summed E-state index contributed by atoms with van der Waals surface area (Å²) in [5, 5.41) is 2.61. The summed E-state index contributed by atoms with van der Waals surface area (Å²) in [5.74, 6) is 0.821. The average molecular weight is 352 g/mol. The number of hydrogen-bond donors (Lipinski definition) is 1. The highest BCUT2D eigenvalue weighted by atomic mass is 32.2. The second kappa shape index (κ2) is 6.44. The monoisotopic (exact) mass is 352 g/mol. The minimum Gasteiger partial charge on any atom is -0.459 e. The molecule has 3 rings (SSSR count). The highest BCUT2D eigenvalue weighted by Crippen LogP contribution is 2.35. The van der Waals surface area contributed by atoms with Gasteiger partial charge in [-0.1, -0.05) is 0 Å². The van der Waals surface area contributed by atoms with Crippen LogP contribution in [0.15, 0.2) is 41.0 Å². The second-order valence-electron chi connectivity index (χ2n) is 5.11. The van der Waals surface area contributed by atoms with Gasteiger partial charge in [0.15, 0.2) is 17.3 Å². The minimum atomic E-state index is -3.52. The summed E-state index contributed by atoms with van der Waals surface area (Å²) in [5.41, 5.74) is 0.439. The van der Waals surface area contributed by atoms with E-state index in [-0.39, 0.29) is 25.6 Å². The molecule has 1 aromatic carbocycles. The lowest BCUT2D eigenvalue weighted by Gasteiger charge is -2.22. The van der Waals surface area contributed by atoms with Crippen molar-refractivity contribution >= 4 is 21.6 Å². The molecule has 1 N–H and O–H groups in total. The molecule has 2 aromatic rings. The standard InChI is InChI=1S/C15H16N2O6S/c1-24(19,20)17(7-6-16-15(18)13-3-2-8-21-13)11-4-5-12-14(9-11)23-10-22-12/h2-5,8-9H,6-7,10H2,1H3,(H,16,18). The first-order chi connectivity index (χ1) is 11.4. The molecule has 1 aliphatic heterocycles. The first kappa shape index (κ1) is 16.2. The van der Waals surface area contributed by atoms with E-state index in [9.17, 15) is 13.2 Å². The Balaban J connectivity index is 1.70. The van der Waals surface area contributed by atoms with E-state index in [2.05, 4.69) is 5.32 Å². The van der Waals surface area contributed by atoms with Crippen molar-refractivity contribution in [2.45, 2.75) is 0 Å². The Hall–Kier alpha value is -2.68. The summed E-state index contributed by atoms with van der Waals surface area (Å²) in [4.78, 5) is 11.8. The summed E-state index contributed by atoms with van der Waals surface area (Å²) in [6.45, 7) is 0.308. The molecule has 0 atom stereocenters. The number of fused-ring (bicyclic) bond motifs is 1. The molecule has 0 unspecified atom stereocenters. The third-order valence-electron chi connectivity index (χ3n) is 3.39.